The molecule has 1 atom stereocenters. The van der Waals surface area contributed by atoms with E-state index in [1.54, 1.807) is 0 Å². The molecule has 0 amide bonds. The molecule has 5 heteroatoms. The predicted octanol–water partition coefficient (Wildman–Crippen LogP) is 0.351. The van der Waals surface area contributed by atoms with Crippen LogP contribution in [0.15, 0.2) is 0 Å². The molecule has 0 aromatic heterocycles. The van der Waals surface area contributed by atoms with E-state index in [1.807, 2.05) is 0 Å². The monoisotopic (exact) mass is 149 g/mol. The minimum absolute atomic E-state index is 0.355. The van der Waals surface area contributed by atoms with Gasteiger partial charge >= 0.3 is 5.97 Å². The summed E-state index contributed by atoms with van der Waals surface area (Å²) in [6, 6.07) is -0.801. The van der Waals surface area contributed by atoms with Crippen molar-refractivity contribution in [2.75, 3.05) is 6.54 Å². The Morgan fingerprint density at radius 3 is 2.90 bits per heavy atom. The van der Waals surface area contributed by atoms with Crippen molar-refractivity contribution in [3.63, 3.8) is 0 Å². The maximum atomic E-state index is 11.5. The van der Waals surface area contributed by atoms with Crippen LogP contribution >= 0.6 is 0 Å². The zero-order chi connectivity index (χ0) is 7.56. The van der Waals surface area contributed by atoms with Crippen LogP contribution in [0, 0.1) is 0 Å². The number of carbonyl (C=O) groups is 1. The maximum Gasteiger partial charge on any atom is 0.323 e. The lowest BCUT2D eigenvalue weighted by molar-refractivity contribution is -0.325. The summed E-state index contributed by atoms with van der Waals surface area (Å²) in [6.45, 7) is 0.355. The van der Waals surface area contributed by atoms with Crippen LogP contribution in [0.2, 0.25) is 0 Å². The molecule has 1 saturated heterocycles. The van der Waals surface area contributed by atoms with Gasteiger partial charge in [0.2, 0.25) is 0 Å². The minimum atomic E-state index is -1.03. The summed E-state index contributed by atoms with van der Waals surface area (Å²) in [7, 11) is 0. The predicted molar refractivity (Wildman–Crippen MR) is 29.6 cm³/mol. The fourth-order valence-corrected chi connectivity index (χ4v) is 1.07. The van der Waals surface area contributed by atoms with Gasteiger partial charge in [-0.15, -0.1) is 5.06 Å². The highest BCUT2D eigenvalue weighted by molar-refractivity contribution is 5.73. The topological polar surface area (TPSA) is 49.8 Å². The van der Waals surface area contributed by atoms with Crippen LogP contribution in [0.1, 0.15) is 12.8 Å². The highest BCUT2D eigenvalue weighted by Gasteiger charge is 2.31. The number of halogens is 1. The first-order chi connectivity index (χ1) is 4.75. The fraction of sp³-hybridized carbons (Fsp3) is 0.800. The van der Waals surface area contributed by atoms with Gasteiger partial charge < -0.3 is 5.11 Å². The minimum Gasteiger partial charge on any atom is -0.480 e. The van der Waals surface area contributed by atoms with Gasteiger partial charge in [-0.3, -0.25) is 4.79 Å². The van der Waals surface area contributed by atoms with Gasteiger partial charge in [-0.05, 0) is 17.4 Å². The third kappa shape index (κ3) is 1.25. The van der Waals surface area contributed by atoms with E-state index in [1.165, 1.54) is 0 Å². The highest BCUT2D eigenvalue weighted by atomic mass is 19.3. The van der Waals surface area contributed by atoms with Gasteiger partial charge in [0.15, 0.2) is 0 Å². The van der Waals surface area contributed by atoms with Crippen molar-refractivity contribution in [3.8, 4) is 0 Å². The lowest BCUT2D eigenvalue weighted by Gasteiger charge is -2.12. The molecule has 1 aliphatic rings. The second-order valence-corrected chi connectivity index (χ2v) is 2.21. The van der Waals surface area contributed by atoms with E-state index in [0.29, 0.717) is 19.4 Å². The van der Waals surface area contributed by atoms with Crippen molar-refractivity contribution in [1.82, 2.24) is 5.06 Å². The van der Waals surface area contributed by atoms with Crippen LogP contribution in [0.5, 0.6) is 0 Å². The zero-order valence-electron chi connectivity index (χ0n) is 5.29. The van der Waals surface area contributed by atoms with Gasteiger partial charge in [0.25, 0.3) is 0 Å². The summed E-state index contributed by atoms with van der Waals surface area (Å²) in [4.78, 5) is 10.3. The van der Waals surface area contributed by atoms with Gasteiger partial charge in [0.05, 0.1) is 0 Å². The molecule has 0 aliphatic carbocycles. The molecule has 0 bridgehead atoms. The average Bonchev–Trinajstić information content (AvgIpc) is 2.33. The second-order valence-electron chi connectivity index (χ2n) is 2.21. The van der Waals surface area contributed by atoms with E-state index in [-0.39, 0.29) is 0 Å². The van der Waals surface area contributed by atoms with Crippen molar-refractivity contribution >= 4 is 5.97 Å². The molecule has 58 valence electrons. The second kappa shape index (κ2) is 2.94. The molecule has 1 fully saturated rings. The van der Waals surface area contributed by atoms with E-state index in [9.17, 15) is 9.32 Å². The normalized spacial score (nSPS) is 27.1. The van der Waals surface area contributed by atoms with Crippen LogP contribution in [-0.2, 0) is 9.84 Å². The van der Waals surface area contributed by atoms with Gasteiger partial charge in [-0.25, -0.2) is 0 Å². The van der Waals surface area contributed by atoms with Gasteiger partial charge in [-0.1, -0.05) is 5.04 Å². The SMILES string of the molecule is O=C(O)[C@@H]1CCCN1OF. The Hall–Kier alpha value is -0.680. The molecule has 1 rings (SSSR count). The molecule has 1 heterocycles. The number of carboxylic acid groups (broad SMARTS) is 1. The number of carboxylic acids is 1. The molecule has 0 saturated carbocycles. The standard InChI is InChI=1S/C5H8FNO3/c6-10-7-3-1-2-4(7)5(8)9/h4H,1-3H2,(H,8,9)/t4-/m0/s1. The van der Waals surface area contributed by atoms with E-state index in [0.717, 1.165) is 5.06 Å². The molecule has 10 heavy (non-hydrogen) atoms. The van der Waals surface area contributed by atoms with Crippen molar-refractivity contribution in [2.45, 2.75) is 18.9 Å². The Kier molecular flexibility index (Phi) is 2.18. The van der Waals surface area contributed by atoms with Crippen LogP contribution < -0.4 is 0 Å². The molecule has 1 N–H and O–H groups in total. The molecular weight excluding hydrogens is 141 g/mol. The number of hydroxylamine groups is 2. The first-order valence-corrected chi connectivity index (χ1v) is 3.04. The Bertz CT molecular complexity index is 141. The van der Waals surface area contributed by atoms with Crippen LogP contribution in [0.4, 0.5) is 4.53 Å². The highest BCUT2D eigenvalue weighted by Crippen LogP contribution is 2.17. The Balaban J connectivity index is 2.50. The van der Waals surface area contributed by atoms with Crippen LogP contribution in [0.25, 0.3) is 0 Å². The number of hydrogen-bond donors (Lipinski definition) is 1. The maximum absolute atomic E-state index is 11.5. The molecule has 0 spiro atoms. The lowest BCUT2D eigenvalue weighted by Crippen LogP contribution is -2.33. The Morgan fingerprint density at radius 1 is 1.80 bits per heavy atom. The largest absolute Gasteiger partial charge is 0.480 e. The summed E-state index contributed by atoms with van der Waals surface area (Å²) in [5, 5.41) is 12.6. The van der Waals surface area contributed by atoms with Crippen molar-refractivity contribution in [2.24, 2.45) is 0 Å². The van der Waals surface area contributed by atoms with E-state index < -0.39 is 12.0 Å². The van der Waals surface area contributed by atoms with E-state index in [2.05, 4.69) is 5.04 Å². The van der Waals surface area contributed by atoms with Gasteiger partial charge in [0, 0.05) is 6.54 Å². The fourth-order valence-electron chi connectivity index (χ4n) is 1.07. The zero-order valence-corrected chi connectivity index (χ0v) is 5.29. The average molecular weight is 149 g/mol. The molecule has 0 unspecified atom stereocenters. The third-order valence-corrected chi connectivity index (χ3v) is 1.58. The first kappa shape index (κ1) is 7.43. The number of nitrogens with zero attached hydrogens (tertiary/aromatic N) is 1. The van der Waals surface area contributed by atoms with Crippen LogP contribution in [-0.4, -0.2) is 28.7 Å². The van der Waals surface area contributed by atoms with Gasteiger partial charge in [0.1, 0.15) is 6.04 Å². The molecule has 4 nitrogen and oxygen atoms in total. The summed E-state index contributed by atoms with van der Waals surface area (Å²) in [5.41, 5.74) is 0. The quantitative estimate of drug-likeness (QED) is 0.615. The summed E-state index contributed by atoms with van der Waals surface area (Å²) in [6.07, 6.45) is 1.13. The molecule has 0 aromatic carbocycles. The first-order valence-electron chi connectivity index (χ1n) is 3.04. The third-order valence-electron chi connectivity index (χ3n) is 1.58. The Labute approximate surface area is 57.0 Å². The number of rotatable bonds is 2. The van der Waals surface area contributed by atoms with Crippen molar-refractivity contribution < 1.29 is 19.5 Å². The van der Waals surface area contributed by atoms with Crippen molar-refractivity contribution in [3.05, 3.63) is 0 Å². The molecular formula is C5H8FNO3. The molecule has 0 radical (unpaired) electrons. The number of hydrogen-bond acceptors (Lipinski definition) is 3. The summed E-state index contributed by atoms with van der Waals surface area (Å²) < 4.78 is 11.5. The summed E-state index contributed by atoms with van der Waals surface area (Å²) >= 11 is 0. The van der Waals surface area contributed by atoms with E-state index >= 15 is 0 Å². The molecule has 0 aromatic rings. The lowest BCUT2D eigenvalue weighted by atomic mass is 10.2. The Morgan fingerprint density at radius 2 is 2.50 bits per heavy atom. The smallest absolute Gasteiger partial charge is 0.323 e. The van der Waals surface area contributed by atoms with Crippen LogP contribution in [0.3, 0.4) is 0 Å². The molecule has 1 aliphatic heterocycles. The van der Waals surface area contributed by atoms with Gasteiger partial charge in [-0.2, -0.15) is 0 Å². The number of aliphatic carboxylic acids is 1. The van der Waals surface area contributed by atoms with Crippen molar-refractivity contribution in [1.29, 1.82) is 0 Å². The van der Waals surface area contributed by atoms with E-state index in [4.69, 9.17) is 5.11 Å². The summed E-state index contributed by atoms with van der Waals surface area (Å²) in [5.74, 6) is -1.03.